The monoisotopic (exact) mass is 221 g/mol. The van der Waals surface area contributed by atoms with Crippen LogP contribution in [0.1, 0.15) is 50.8 Å². The molecule has 2 nitrogen and oxygen atoms in total. The van der Waals surface area contributed by atoms with Gasteiger partial charge in [0.05, 0.1) is 6.10 Å². The van der Waals surface area contributed by atoms with E-state index < -0.39 is 0 Å². The second kappa shape index (κ2) is 5.90. The quantitative estimate of drug-likeness (QED) is 0.824. The first-order valence-electron chi connectivity index (χ1n) is 6.11. The fraction of sp³-hybridized carbons (Fsp3) is 0.571. The molecule has 1 aromatic carbocycles. The number of ether oxygens (including phenoxy) is 1. The van der Waals surface area contributed by atoms with Gasteiger partial charge in [0.15, 0.2) is 0 Å². The van der Waals surface area contributed by atoms with Crippen LogP contribution in [-0.2, 0) is 0 Å². The smallest absolute Gasteiger partial charge is 0.124 e. The third-order valence-corrected chi connectivity index (χ3v) is 2.86. The van der Waals surface area contributed by atoms with Crippen molar-refractivity contribution in [1.29, 1.82) is 0 Å². The van der Waals surface area contributed by atoms with Gasteiger partial charge in [-0.3, -0.25) is 0 Å². The van der Waals surface area contributed by atoms with Gasteiger partial charge in [-0.15, -0.1) is 0 Å². The Labute approximate surface area is 98.8 Å². The Hall–Kier alpha value is -1.02. The van der Waals surface area contributed by atoms with Crippen LogP contribution >= 0.6 is 0 Å². The van der Waals surface area contributed by atoms with Gasteiger partial charge in [-0.25, -0.2) is 0 Å². The number of hydrogen-bond donors (Lipinski definition) is 1. The zero-order chi connectivity index (χ0) is 12.1. The standard InChI is InChI=1S/C14H23NO/c1-5-12(6-2)16-14-8-7-10(3)9-13(14)11(4)15/h7-9,11-12H,5-6,15H2,1-4H3/t11-/m0/s1. The van der Waals surface area contributed by atoms with Crippen molar-refractivity contribution in [2.75, 3.05) is 0 Å². The molecule has 0 aliphatic heterocycles. The van der Waals surface area contributed by atoms with E-state index in [0.29, 0.717) is 6.10 Å². The Morgan fingerprint density at radius 2 is 1.88 bits per heavy atom. The average molecular weight is 221 g/mol. The van der Waals surface area contributed by atoms with Crippen LogP contribution in [-0.4, -0.2) is 6.10 Å². The van der Waals surface area contributed by atoms with E-state index in [2.05, 4.69) is 32.9 Å². The molecule has 0 radical (unpaired) electrons. The van der Waals surface area contributed by atoms with E-state index in [-0.39, 0.29) is 6.04 Å². The summed E-state index contributed by atoms with van der Waals surface area (Å²) in [6.07, 6.45) is 2.35. The lowest BCUT2D eigenvalue weighted by molar-refractivity contribution is 0.190. The zero-order valence-corrected chi connectivity index (χ0v) is 10.8. The second-order valence-corrected chi connectivity index (χ2v) is 4.39. The van der Waals surface area contributed by atoms with Crippen molar-refractivity contribution in [3.8, 4) is 5.75 Å². The molecule has 1 atom stereocenters. The lowest BCUT2D eigenvalue weighted by Gasteiger charge is -2.20. The molecule has 2 heteroatoms. The lowest BCUT2D eigenvalue weighted by atomic mass is 10.0. The Kier molecular flexibility index (Phi) is 4.81. The van der Waals surface area contributed by atoms with Gasteiger partial charge in [-0.2, -0.15) is 0 Å². The number of hydrogen-bond acceptors (Lipinski definition) is 2. The summed E-state index contributed by atoms with van der Waals surface area (Å²) < 4.78 is 5.98. The molecule has 0 saturated heterocycles. The number of benzene rings is 1. The minimum atomic E-state index is 0.0178. The molecule has 1 aromatic rings. The van der Waals surface area contributed by atoms with Crippen LogP contribution in [0.5, 0.6) is 5.75 Å². The molecule has 0 amide bonds. The van der Waals surface area contributed by atoms with Crippen LogP contribution in [0.4, 0.5) is 0 Å². The highest BCUT2D eigenvalue weighted by atomic mass is 16.5. The molecular weight excluding hydrogens is 198 g/mol. The summed E-state index contributed by atoms with van der Waals surface area (Å²) in [5.41, 5.74) is 8.29. The van der Waals surface area contributed by atoms with Gasteiger partial charge in [-0.05, 0) is 32.8 Å². The highest BCUT2D eigenvalue weighted by Gasteiger charge is 2.12. The first kappa shape index (κ1) is 13.0. The van der Waals surface area contributed by atoms with Crippen molar-refractivity contribution < 1.29 is 4.74 Å². The average Bonchev–Trinajstić information content (AvgIpc) is 2.27. The van der Waals surface area contributed by atoms with E-state index in [1.807, 2.05) is 13.0 Å². The maximum absolute atomic E-state index is 5.98. The van der Waals surface area contributed by atoms with Crippen molar-refractivity contribution in [3.63, 3.8) is 0 Å². The van der Waals surface area contributed by atoms with Crippen LogP contribution in [0, 0.1) is 6.92 Å². The summed E-state index contributed by atoms with van der Waals surface area (Å²) in [6, 6.07) is 6.24. The Morgan fingerprint density at radius 3 is 2.38 bits per heavy atom. The second-order valence-electron chi connectivity index (χ2n) is 4.39. The number of rotatable bonds is 5. The van der Waals surface area contributed by atoms with Crippen LogP contribution in [0.2, 0.25) is 0 Å². The lowest BCUT2D eigenvalue weighted by Crippen LogP contribution is -2.16. The fourth-order valence-electron chi connectivity index (χ4n) is 1.77. The van der Waals surface area contributed by atoms with E-state index >= 15 is 0 Å². The van der Waals surface area contributed by atoms with Crippen LogP contribution in [0.15, 0.2) is 18.2 Å². The summed E-state index contributed by atoms with van der Waals surface area (Å²) in [5, 5.41) is 0. The maximum Gasteiger partial charge on any atom is 0.124 e. The van der Waals surface area contributed by atoms with Gasteiger partial charge >= 0.3 is 0 Å². The molecule has 16 heavy (non-hydrogen) atoms. The third-order valence-electron chi connectivity index (χ3n) is 2.86. The molecular formula is C14H23NO. The SMILES string of the molecule is CCC(CC)Oc1ccc(C)cc1[C@H](C)N. The van der Waals surface area contributed by atoms with Crippen molar-refractivity contribution in [2.45, 2.75) is 52.7 Å². The van der Waals surface area contributed by atoms with Crippen LogP contribution < -0.4 is 10.5 Å². The summed E-state index contributed by atoms with van der Waals surface area (Å²) in [5.74, 6) is 0.939. The maximum atomic E-state index is 5.98. The largest absolute Gasteiger partial charge is 0.490 e. The topological polar surface area (TPSA) is 35.2 Å². The van der Waals surface area contributed by atoms with Crippen LogP contribution in [0.3, 0.4) is 0 Å². The van der Waals surface area contributed by atoms with Gasteiger partial charge in [0.2, 0.25) is 0 Å². The van der Waals surface area contributed by atoms with Crippen molar-refractivity contribution in [2.24, 2.45) is 5.73 Å². The number of nitrogens with two attached hydrogens (primary N) is 1. The van der Waals surface area contributed by atoms with Crippen LogP contribution in [0.25, 0.3) is 0 Å². The van der Waals surface area contributed by atoms with Gasteiger partial charge in [-0.1, -0.05) is 31.5 Å². The summed E-state index contributed by atoms with van der Waals surface area (Å²) >= 11 is 0. The molecule has 90 valence electrons. The fourth-order valence-corrected chi connectivity index (χ4v) is 1.77. The summed E-state index contributed by atoms with van der Waals surface area (Å²) in [4.78, 5) is 0. The Morgan fingerprint density at radius 1 is 1.25 bits per heavy atom. The van der Waals surface area contributed by atoms with E-state index in [1.165, 1.54) is 5.56 Å². The van der Waals surface area contributed by atoms with E-state index in [4.69, 9.17) is 10.5 Å². The van der Waals surface area contributed by atoms with E-state index in [1.54, 1.807) is 0 Å². The van der Waals surface area contributed by atoms with E-state index in [9.17, 15) is 0 Å². The molecule has 0 aliphatic rings. The minimum Gasteiger partial charge on any atom is -0.490 e. The van der Waals surface area contributed by atoms with Crippen molar-refractivity contribution in [1.82, 2.24) is 0 Å². The van der Waals surface area contributed by atoms with Crippen molar-refractivity contribution >= 4 is 0 Å². The molecule has 0 aliphatic carbocycles. The Bertz CT molecular complexity index is 330. The van der Waals surface area contributed by atoms with E-state index in [0.717, 1.165) is 24.2 Å². The summed E-state index contributed by atoms with van der Waals surface area (Å²) in [6.45, 7) is 8.36. The van der Waals surface area contributed by atoms with Gasteiger partial charge in [0.1, 0.15) is 5.75 Å². The third kappa shape index (κ3) is 3.24. The highest BCUT2D eigenvalue weighted by molar-refractivity contribution is 5.38. The molecule has 0 unspecified atom stereocenters. The first-order valence-corrected chi connectivity index (χ1v) is 6.11. The first-order chi connectivity index (χ1) is 7.58. The number of aryl methyl sites for hydroxylation is 1. The Balaban J connectivity index is 2.94. The van der Waals surface area contributed by atoms with Crippen molar-refractivity contribution in [3.05, 3.63) is 29.3 Å². The normalized spacial score (nSPS) is 12.9. The predicted molar refractivity (Wildman–Crippen MR) is 68.8 cm³/mol. The van der Waals surface area contributed by atoms with Gasteiger partial charge < -0.3 is 10.5 Å². The molecule has 0 saturated carbocycles. The molecule has 0 fully saturated rings. The van der Waals surface area contributed by atoms with Gasteiger partial charge in [0, 0.05) is 11.6 Å². The molecule has 0 heterocycles. The highest BCUT2D eigenvalue weighted by Crippen LogP contribution is 2.26. The van der Waals surface area contributed by atoms with Gasteiger partial charge in [0.25, 0.3) is 0 Å². The predicted octanol–water partition coefficient (Wildman–Crippen LogP) is 3.58. The molecule has 1 rings (SSSR count). The zero-order valence-electron chi connectivity index (χ0n) is 10.8. The summed E-state index contributed by atoms with van der Waals surface area (Å²) in [7, 11) is 0. The molecule has 0 bridgehead atoms. The molecule has 2 N–H and O–H groups in total. The molecule has 0 spiro atoms. The molecule has 0 aromatic heterocycles. The minimum absolute atomic E-state index is 0.0178.